The number of aromatic hydroxyl groups is 1. The van der Waals surface area contributed by atoms with Gasteiger partial charge in [-0.3, -0.25) is 0 Å². The first-order valence-corrected chi connectivity index (χ1v) is 7.25. The minimum absolute atomic E-state index is 0.126. The molecule has 1 aromatic heterocycles. The molecule has 0 spiro atoms. The maximum atomic E-state index is 9.77. The van der Waals surface area contributed by atoms with Crippen molar-refractivity contribution in [2.45, 2.75) is 13.8 Å². The molecule has 21 heavy (non-hydrogen) atoms. The molecule has 110 valence electrons. The smallest absolute Gasteiger partial charge is 0.243 e. The number of benzene rings is 1. The Labute approximate surface area is 136 Å². The van der Waals surface area contributed by atoms with Gasteiger partial charge in [0.05, 0.1) is 16.9 Å². The van der Waals surface area contributed by atoms with Gasteiger partial charge in [0.2, 0.25) is 5.95 Å². The van der Waals surface area contributed by atoms with E-state index in [4.69, 9.17) is 4.74 Å². The summed E-state index contributed by atoms with van der Waals surface area (Å²) in [4.78, 5) is 8.46. The molecule has 0 saturated heterocycles. The predicted octanol–water partition coefficient (Wildman–Crippen LogP) is 2.86. The Balaban J connectivity index is 2.16. The highest BCUT2D eigenvalue weighted by Gasteiger charge is 2.07. The van der Waals surface area contributed by atoms with Gasteiger partial charge < -0.3 is 9.84 Å². The molecule has 0 radical (unpaired) electrons. The molecule has 2 rings (SSSR count). The van der Waals surface area contributed by atoms with Crippen LogP contribution in [0.15, 0.2) is 23.3 Å². The predicted molar refractivity (Wildman–Crippen MR) is 90.1 cm³/mol. The first-order chi connectivity index (χ1) is 9.99. The molecule has 0 aliphatic rings. The zero-order valence-corrected chi connectivity index (χ0v) is 14.0. The lowest BCUT2D eigenvalue weighted by Gasteiger charge is -2.06. The summed E-state index contributed by atoms with van der Waals surface area (Å²) in [5.74, 6) is 0.982. The van der Waals surface area contributed by atoms with Gasteiger partial charge in [-0.25, -0.2) is 15.4 Å². The number of anilines is 1. The SMILES string of the molecule is COc1cc(/C=N/Nc2nc(C)cc(C)n2)cc(I)c1O. The third-order valence-corrected chi connectivity index (χ3v) is 3.45. The highest BCUT2D eigenvalue weighted by atomic mass is 127. The zero-order chi connectivity index (χ0) is 15.4. The first kappa shape index (κ1) is 15.5. The van der Waals surface area contributed by atoms with Crippen LogP contribution >= 0.6 is 22.6 Å². The van der Waals surface area contributed by atoms with Crippen LogP contribution < -0.4 is 10.2 Å². The minimum atomic E-state index is 0.126. The first-order valence-electron chi connectivity index (χ1n) is 6.17. The lowest BCUT2D eigenvalue weighted by molar-refractivity contribution is 0.371. The van der Waals surface area contributed by atoms with Crippen LogP contribution in [-0.2, 0) is 0 Å². The summed E-state index contributed by atoms with van der Waals surface area (Å²) in [6.45, 7) is 3.80. The van der Waals surface area contributed by atoms with Crippen molar-refractivity contribution in [3.63, 3.8) is 0 Å². The fourth-order valence-corrected chi connectivity index (χ4v) is 2.39. The minimum Gasteiger partial charge on any atom is -0.504 e. The van der Waals surface area contributed by atoms with Gasteiger partial charge in [-0.1, -0.05) is 0 Å². The molecule has 0 unspecified atom stereocenters. The van der Waals surface area contributed by atoms with E-state index in [-0.39, 0.29) is 5.75 Å². The standard InChI is InChI=1S/C14H15IN4O2/c1-8-4-9(2)18-14(17-8)19-16-7-10-5-11(15)13(20)12(6-10)21-3/h4-7,20H,1-3H3,(H,17,18,19)/b16-7+. The van der Waals surface area contributed by atoms with Gasteiger partial charge in [0, 0.05) is 11.4 Å². The Hall–Kier alpha value is -1.90. The molecule has 7 heteroatoms. The fraction of sp³-hybridized carbons (Fsp3) is 0.214. The van der Waals surface area contributed by atoms with Gasteiger partial charge in [-0.2, -0.15) is 5.10 Å². The molecule has 0 bridgehead atoms. The maximum absolute atomic E-state index is 9.77. The van der Waals surface area contributed by atoms with Crippen molar-refractivity contribution in [3.8, 4) is 11.5 Å². The Kier molecular flexibility index (Phi) is 4.94. The van der Waals surface area contributed by atoms with Crippen LogP contribution in [0.5, 0.6) is 11.5 Å². The number of aryl methyl sites for hydroxylation is 2. The lowest BCUT2D eigenvalue weighted by Crippen LogP contribution is -2.00. The lowest BCUT2D eigenvalue weighted by atomic mass is 10.2. The quantitative estimate of drug-likeness (QED) is 0.471. The van der Waals surface area contributed by atoms with Gasteiger partial charge in [-0.15, -0.1) is 0 Å². The van der Waals surface area contributed by atoms with E-state index in [0.29, 0.717) is 15.3 Å². The molecule has 1 aromatic carbocycles. The molecule has 2 N–H and O–H groups in total. The van der Waals surface area contributed by atoms with Crippen LogP contribution in [0.4, 0.5) is 5.95 Å². The summed E-state index contributed by atoms with van der Waals surface area (Å²) in [7, 11) is 1.51. The third-order valence-electron chi connectivity index (χ3n) is 2.63. The Morgan fingerprint density at radius 3 is 2.52 bits per heavy atom. The van der Waals surface area contributed by atoms with Crippen molar-refractivity contribution in [3.05, 3.63) is 38.7 Å². The molecule has 1 heterocycles. The molecule has 0 atom stereocenters. The molecular weight excluding hydrogens is 383 g/mol. The summed E-state index contributed by atoms with van der Waals surface area (Å²) in [5.41, 5.74) is 5.34. The number of aromatic nitrogens is 2. The average molecular weight is 398 g/mol. The average Bonchev–Trinajstić information content (AvgIpc) is 2.41. The number of hydrogen-bond donors (Lipinski definition) is 2. The molecule has 0 aliphatic heterocycles. The third kappa shape index (κ3) is 4.03. The Bertz CT molecular complexity index is 669. The molecular formula is C14H15IN4O2. The van der Waals surface area contributed by atoms with E-state index < -0.39 is 0 Å². The fourth-order valence-electron chi connectivity index (χ4n) is 1.76. The number of ether oxygens (including phenoxy) is 1. The van der Waals surface area contributed by atoms with Crippen LogP contribution in [0.25, 0.3) is 0 Å². The molecule has 6 nitrogen and oxygen atoms in total. The second kappa shape index (κ2) is 6.70. The van der Waals surface area contributed by atoms with E-state index in [1.165, 1.54) is 7.11 Å². The summed E-state index contributed by atoms with van der Waals surface area (Å²) in [6.07, 6.45) is 1.62. The van der Waals surface area contributed by atoms with Gasteiger partial charge in [-0.05, 0) is 60.2 Å². The number of methoxy groups -OCH3 is 1. The van der Waals surface area contributed by atoms with E-state index in [1.54, 1.807) is 18.3 Å². The summed E-state index contributed by atoms with van der Waals surface area (Å²) >= 11 is 2.03. The van der Waals surface area contributed by atoms with E-state index in [1.807, 2.05) is 42.5 Å². The molecule has 0 saturated carbocycles. The number of hydrazone groups is 1. The van der Waals surface area contributed by atoms with Crippen molar-refractivity contribution < 1.29 is 9.84 Å². The van der Waals surface area contributed by atoms with Crippen molar-refractivity contribution in [2.24, 2.45) is 5.10 Å². The van der Waals surface area contributed by atoms with Gasteiger partial charge >= 0.3 is 0 Å². The summed E-state index contributed by atoms with van der Waals surface area (Å²) < 4.78 is 5.79. The number of nitrogens with zero attached hydrogens (tertiary/aromatic N) is 3. The van der Waals surface area contributed by atoms with E-state index in [2.05, 4.69) is 20.5 Å². The van der Waals surface area contributed by atoms with Crippen molar-refractivity contribution in [1.82, 2.24) is 9.97 Å². The van der Waals surface area contributed by atoms with Gasteiger partial charge in [0.1, 0.15) is 0 Å². The summed E-state index contributed by atoms with van der Waals surface area (Å²) in [5, 5.41) is 13.9. The second-order valence-electron chi connectivity index (χ2n) is 4.40. The monoisotopic (exact) mass is 398 g/mol. The highest BCUT2D eigenvalue weighted by molar-refractivity contribution is 14.1. The van der Waals surface area contributed by atoms with Crippen molar-refractivity contribution >= 4 is 34.8 Å². The van der Waals surface area contributed by atoms with Gasteiger partial charge in [0.25, 0.3) is 0 Å². The Morgan fingerprint density at radius 1 is 1.24 bits per heavy atom. The second-order valence-corrected chi connectivity index (χ2v) is 5.56. The largest absolute Gasteiger partial charge is 0.504 e. The van der Waals surface area contributed by atoms with Gasteiger partial charge in [0.15, 0.2) is 11.5 Å². The highest BCUT2D eigenvalue weighted by Crippen LogP contribution is 2.31. The molecule has 0 amide bonds. The molecule has 0 fully saturated rings. The van der Waals surface area contributed by atoms with Crippen LogP contribution in [-0.4, -0.2) is 28.4 Å². The van der Waals surface area contributed by atoms with Crippen LogP contribution in [0.3, 0.4) is 0 Å². The van der Waals surface area contributed by atoms with Crippen LogP contribution in [0.2, 0.25) is 0 Å². The maximum Gasteiger partial charge on any atom is 0.243 e. The normalized spacial score (nSPS) is 10.9. The molecule has 2 aromatic rings. The zero-order valence-electron chi connectivity index (χ0n) is 11.9. The van der Waals surface area contributed by atoms with Crippen LogP contribution in [0, 0.1) is 17.4 Å². The number of phenols is 1. The Morgan fingerprint density at radius 2 is 1.90 bits per heavy atom. The van der Waals surface area contributed by atoms with Crippen LogP contribution in [0.1, 0.15) is 17.0 Å². The summed E-state index contributed by atoms with van der Waals surface area (Å²) in [6, 6.07) is 5.39. The van der Waals surface area contributed by atoms with E-state index >= 15 is 0 Å². The number of rotatable bonds is 4. The number of halogens is 1. The number of nitrogens with one attached hydrogen (secondary N) is 1. The number of phenolic OH excluding ortho intramolecular Hbond substituents is 1. The molecule has 0 aliphatic carbocycles. The van der Waals surface area contributed by atoms with Crippen molar-refractivity contribution in [2.75, 3.05) is 12.5 Å². The topological polar surface area (TPSA) is 79.6 Å². The van der Waals surface area contributed by atoms with Crippen molar-refractivity contribution in [1.29, 1.82) is 0 Å². The van der Waals surface area contributed by atoms with E-state index in [9.17, 15) is 5.11 Å². The number of hydrogen-bond acceptors (Lipinski definition) is 6. The van der Waals surface area contributed by atoms with E-state index in [0.717, 1.165) is 17.0 Å².